The van der Waals surface area contributed by atoms with E-state index in [0.717, 1.165) is 16.7 Å². The summed E-state index contributed by atoms with van der Waals surface area (Å²) < 4.78 is 13.5. The number of anilines is 1. The summed E-state index contributed by atoms with van der Waals surface area (Å²) in [4.78, 5) is 8.77. The Morgan fingerprint density at radius 2 is 1.71 bits per heavy atom. The average molecular weight is 279 g/mol. The first-order valence-electron chi connectivity index (χ1n) is 6.60. The molecule has 0 saturated carbocycles. The van der Waals surface area contributed by atoms with Crippen molar-refractivity contribution in [2.75, 3.05) is 5.73 Å². The van der Waals surface area contributed by atoms with Crippen LogP contribution < -0.4 is 5.73 Å². The van der Waals surface area contributed by atoms with E-state index in [2.05, 4.69) is 9.97 Å². The number of nitrogen functional groups attached to an aromatic ring is 1. The van der Waals surface area contributed by atoms with Crippen LogP contribution in [-0.2, 0) is 0 Å². The molecule has 1 heterocycles. The van der Waals surface area contributed by atoms with E-state index in [1.807, 2.05) is 37.3 Å². The van der Waals surface area contributed by atoms with E-state index >= 15 is 0 Å². The normalized spacial score (nSPS) is 10.6. The van der Waals surface area contributed by atoms with Gasteiger partial charge in [0.2, 0.25) is 0 Å². The van der Waals surface area contributed by atoms with Gasteiger partial charge in [-0.1, -0.05) is 36.4 Å². The quantitative estimate of drug-likeness (QED) is 0.775. The van der Waals surface area contributed by atoms with Crippen LogP contribution in [0.4, 0.5) is 10.2 Å². The van der Waals surface area contributed by atoms with Gasteiger partial charge in [-0.05, 0) is 24.6 Å². The Balaban J connectivity index is 2.16. The van der Waals surface area contributed by atoms with Gasteiger partial charge in [0.25, 0.3) is 0 Å². The van der Waals surface area contributed by atoms with Gasteiger partial charge in [0.05, 0.1) is 5.69 Å². The summed E-state index contributed by atoms with van der Waals surface area (Å²) in [6, 6.07) is 15.9. The Bertz CT molecular complexity index is 785. The molecule has 3 rings (SSSR count). The molecule has 0 radical (unpaired) electrons. The molecule has 0 amide bonds. The molecule has 0 aliphatic rings. The molecule has 0 aliphatic heterocycles. The molecule has 21 heavy (non-hydrogen) atoms. The average Bonchev–Trinajstić information content (AvgIpc) is 2.50. The van der Waals surface area contributed by atoms with Crippen LogP contribution >= 0.6 is 0 Å². The first-order chi connectivity index (χ1) is 10.1. The lowest BCUT2D eigenvalue weighted by Gasteiger charge is -2.08. The highest BCUT2D eigenvalue weighted by Crippen LogP contribution is 2.26. The van der Waals surface area contributed by atoms with Crippen LogP contribution in [0.5, 0.6) is 0 Å². The predicted octanol–water partition coefficient (Wildman–Crippen LogP) is 3.84. The van der Waals surface area contributed by atoms with Crippen molar-refractivity contribution in [1.82, 2.24) is 9.97 Å². The van der Waals surface area contributed by atoms with Gasteiger partial charge in [-0.2, -0.15) is 0 Å². The molecule has 0 fully saturated rings. The number of hydrogen-bond acceptors (Lipinski definition) is 3. The summed E-state index contributed by atoms with van der Waals surface area (Å²) in [5, 5.41) is 0. The van der Waals surface area contributed by atoms with Crippen molar-refractivity contribution < 1.29 is 4.39 Å². The molecule has 4 heteroatoms. The van der Waals surface area contributed by atoms with Gasteiger partial charge in [0.1, 0.15) is 11.6 Å². The largest absolute Gasteiger partial charge is 0.384 e. The molecule has 0 aliphatic carbocycles. The van der Waals surface area contributed by atoms with E-state index in [0.29, 0.717) is 17.3 Å². The minimum absolute atomic E-state index is 0.297. The third-order valence-corrected chi connectivity index (χ3v) is 3.25. The first-order valence-corrected chi connectivity index (χ1v) is 6.60. The lowest BCUT2D eigenvalue weighted by Crippen LogP contribution is -1.99. The van der Waals surface area contributed by atoms with E-state index in [-0.39, 0.29) is 5.82 Å². The van der Waals surface area contributed by atoms with Gasteiger partial charge in [0, 0.05) is 17.2 Å². The van der Waals surface area contributed by atoms with Crippen LogP contribution in [0.15, 0.2) is 54.6 Å². The van der Waals surface area contributed by atoms with Crippen LogP contribution in [-0.4, -0.2) is 9.97 Å². The number of hydrogen-bond donors (Lipinski definition) is 1. The van der Waals surface area contributed by atoms with Gasteiger partial charge >= 0.3 is 0 Å². The summed E-state index contributed by atoms with van der Waals surface area (Å²) in [6.07, 6.45) is 0. The van der Waals surface area contributed by atoms with Crippen LogP contribution in [0.2, 0.25) is 0 Å². The van der Waals surface area contributed by atoms with Crippen molar-refractivity contribution in [2.45, 2.75) is 6.92 Å². The molecule has 3 nitrogen and oxygen atoms in total. The molecule has 104 valence electrons. The summed E-state index contributed by atoms with van der Waals surface area (Å²) in [5.74, 6) is 0.603. The van der Waals surface area contributed by atoms with E-state index in [1.165, 1.54) is 12.1 Å². The second-order valence-corrected chi connectivity index (χ2v) is 4.83. The SMILES string of the molecule is Cc1ccc(F)cc1-c1cc(N)nc(-c2ccccc2)n1. The Labute approximate surface area is 122 Å². The molecular weight excluding hydrogens is 265 g/mol. The smallest absolute Gasteiger partial charge is 0.162 e. The molecule has 0 unspecified atom stereocenters. The lowest BCUT2D eigenvalue weighted by atomic mass is 10.0. The number of aromatic nitrogens is 2. The van der Waals surface area contributed by atoms with E-state index in [9.17, 15) is 4.39 Å². The summed E-state index contributed by atoms with van der Waals surface area (Å²) >= 11 is 0. The molecule has 1 aromatic heterocycles. The van der Waals surface area contributed by atoms with Crippen molar-refractivity contribution in [3.8, 4) is 22.6 Å². The Morgan fingerprint density at radius 3 is 2.48 bits per heavy atom. The van der Waals surface area contributed by atoms with Crippen LogP contribution in [0, 0.1) is 12.7 Å². The molecule has 0 atom stereocenters. The van der Waals surface area contributed by atoms with E-state index in [1.54, 1.807) is 12.1 Å². The van der Waals surface area contributed by atoms with Crippen molar-refractivity contribution in [3.05, 3.63) is 66.0 Å². The fourth-order valence-corrected chi connectivity index (χ4v) is 2.19. The number of aryl methyl sites for hydroxylation is 1. The molecular formula is C17H14FN3. The zero-order chi connectivity index (χ0) is 14.8. The molecule has 0 saturated heterocycles. The molecule has 0 bridgehead atoms. The number of rotatable bonds is 2. The van der Waals surface area contributed by atoms with Crippen LogP contribution in [0.3, 0.4) is 0 Å². The zero-order valence-electron chi connectivity index (χ0n) is 11.5. The predicted molar refractivity (Wildman–Crippen MR) is 82.0 cm³/mol. The van der Waals surface area contributed by atoms with Gasteiger partial charge in [-0.25, -0.2) is 14.4 Å². The minimum Gasteiger partial charge on any atom is -0.384 e. The fraction of sp³-hybridized carbons (Fsp3) is 0.0588. The van der Waals surface area contributed by atoms with E-state index in [4.69, 9.17) is 5.73 Å². The molecule has 2 aromatic carbocycles. The molecule has 2 N–H and O–H groups in total. The zero-order valence-corrected chi connectivity index (χ0v) is 11.5. The summed E-state index contributed by atoms with van der Waals surface area (Å²) in [6.45, 7) is 1.91. The Hall–Kier alpha value is -2.75. The van der Waals surface area contributed by atoms with E-state index < -0.39 is 0 Å². The fourth-order valence-electron chi connectivity index (χ4n) is 2.19. The highest BCUT2D eigenvalue weighted by molar-refractivity contribution is 5.69. The van der Waals surface area contributed by atoms with Crippen molar-refractivity contribution in [1.29, 1.82) is 0 Å². The number of nitrogens with zero attached hydrogens (tertiary/aromatic N) is 2. The summed E-state index contributed by atoms with van der Waals surface area (Å²) in [5.41, 5.74) is 9.04. The van der Waals surface area contributed by atoms with Gasteiger partial charge in [0.15, 0.2) is 5.82 Å². The third-order valence-electron chi connectivity index (χ3n) is 3.25. The maximum absolute atomic E-state index is 13.5. The third kappa shape index (κ3) is 2.74. The maximum Gasteiger partial charge on any atom is 0.162 e. The summed E-state index contributed by atoms with van der Waals surface area (Å²) in [7, 11) is 0. The lowest BCUT2D eigenvalue weighted by molar-refractivity contribution is 0.628. The monoisotopic (exact) mass is 279 g/mol. The minimum atomic E-state index is -0.297. The van der Waals surface area contributed by atoms with Gasteiger partial charge in [-0.15, -0.1) is 0 Å². The molecule has 3 aromatic rings. The highest BCUT2D eigenvalue weighted by atomic mass is 19.1. The second-order valence-electron chi connectivity index (χ2n) is 4.83. The Kier molecular flexibility index (Phi) is 3.36. The molecule has 0 spiro atoms. The van der Waals surface area contributed by atoms with Gasteiger partial charge in [-0.3, -0.25) is 0 Å². The van der Waals surface area contributed by atoms with Crippen molar-refractivity contribution in [3.63, 3.8) is 0 Å². The highest BCUT2D eigenvalue weighted by Gasteiger charge is 2.10. The van der Waals surface area contributed by atoms with Crippen molar-refractivity contribution >= 4 is 5.82 Å². The standard InChI is InChI=1S/C17H14FN3/c1-11-7-8-13(18)9-14(11)15-10-16(19)21-17(20-15)12-5-3-2-4-6-12/h2-10H,1H3,(H2,19,20,21). The van der Waals surface area contributed by atoms with Crippen molar-refractivity contribution in [2.24, 2.45) is 0 Å². The van der Waals surface area contributed by atoms with Crippen LogP contribution in [0.25, 0.3) is 22.6 Å². The Morgan fingerprint density at radius 1 is 0.952 bits per heavy atom. The maximum atomic E-state index is 13.5. The topological polar surface area (TPSA) is 51.8 Å². The second kappa shape index (κ2) is 5.32. The number of nitrogens with two attached hydrogens (primary N) is 1. The number of benzene rings is 2. The van der Waals surface area contributed by atoms with Gasteiger partial charge < -0.3 is 5.73 Å². The number of halogens is 1. The van der Waals surface area contributed by atoms with Crippen LogP contribution in [0.1, 0.15) is 5.56 Å². The first kappa shape index (κ1) is 13.2.